The molecule has 42 heavy (non-hydrogen) atoms. The monoisotopic (exact) mass is 639 g/mol. The summed E-state index contributed by atoms with van der Waals surface area (Å²) >= 11 is 0. The molecule has 0 atom stereocenters. The smallest absolute Gasteiger partial charge is 0.0780 e. The molecule has 0 unspecified atom stereocenters. The van der Waals surface area contributed by atoms with Crippen LogP contribution in [-0.4, -0.2) is 64.3 Å². The van der Waals surface area contributed by atoms with Crippen LogP contribution in [0.15, 0.2) is 0 Å². The van der Waals surface area contributed by atoms with Crippen LogP contribution in [0.25, 0.3) is 0 Å². The highest BCUT2D eigenvalue weighted by molar-refractivity contribution is 4.50. The Morgan fingerprint density at radius 2 is 0.381 bits per heavy atom. The molecular formula is C38H84Cl2N2. The fraction of sp³-hybridized carbons (Fsp3) is 1.00. The van der Waals surface area contributed by atoms with Gasteiger partial charge in [0.2, 0.25) is 0 Å². The summed E-state index contributed by atoms with van der Waals surface area (Å²) in [5.74, 6) is 0. The molecule has 0 rings (SSSR count). The van der Waals surface area contributed by atoms with Crippen LogP contribution in [0, 0.1) is 0 Å². The fourth-order valence-corrected chi connectivity index (χ4v) is 5.56. The van der Waals surface area contributed by atoms with Crippen molar-refractivity contribution in [3.63, 3.8) is 0 Å². The first-order valence-electron chi connectivity index (χ1n) is 18.7. The first-order valence-corrected chi connectivity index (χ1v) is 18.7. The van der Waals surface area contributed by atoms with Crippen molar-refractivity contribution in [3.8, 4) is 0 Å². The minimum atomic E-state index is 0. The molecule has 4 heteroatoms. The summed E-state index contributed by atoms with van der Waals surface area (Å²) in [4.78, 5) is 0. The van der Waals surface area contributed by atoms with E-state index in [0.717, 1.165) is 8.97 Å². The van der Waals surface area contributed by atoms with Crippen LogP contribution in [0.5, 0.6) is 0 Å². The Morgan fingerprint density at radius 3 is 0.524 bits per heavy atom. The molecule has 0 spiro atoms. The largest absolute Gasteiger partial charge is 1.00 e. The first-order chi connectivity index (χ1) is 19.1. The van der Waals surface area contributed by atoms with Crippen LogP contribution in [0.1, 0.15) is 194 Å². The molecular weight excluding hydrogens is 555 g/mol. The molecule has 0 heterocycles. The SMILES string of the molecule is CCCCCCCCCCCCCCCC[N+](C)(C)C.CCCCCCCCCCCCCCCC[N+](C)(C)C.[Cl-].[Cl-]. The van der Waals surface area contributed by atoms with Crippen molar-refractivity contribution in [2.75, 3.05) is 55.4 Å². The molecule has 0 N–H and O–H groups in total. The summed E-state index contributed by atoms with van der Waals surface area (Å²) in [6, 6.07) is 0. The van der Waals surface area contributed by atoms with Crippen molar-refractivity contribution in [1.82, 2.24) is 0 Å². The lowest BCUT2D eigenvalue weighted by atomic mass is 10.0. The molecule has 0 aromatic heterocycles. The fourth-order valence-electron chi connectivity index (χ4n) is 5.56. The van der Waals surface area contributed by atoms with E-state index in [9.17, 15) is 0 Å². The molecule has 0 fully saturated rings. The maximum atomic E-state index is 2.29. The highest BCUT2D eigenvalue weighted by atomic mass is 35.5. The molecule has 0 aromatic rings. The Kier molecular flexibility index (Phi) is 44.3. The normalized spacial score (nSPS) is 11.4. The van der Waals surface area contributed by atoms with Gasteiger partial charge in [-0.2, -0.15) is 0 Å². The summed E-state index contributed by atoms with van der Waals surface area (Å²) in [5, 5.41) is 0. The Balaban J connectivity index is -0.000000328. The Morgan fingerprint density at radius 1 is 0.238 bits per heavy atom. The van der Waals surface area contributed by atoms with Gasteiger partial charge in [-0.05, 0) is 25.7 Å². The molecule has 0 aromatic carbocycles. The highest BCUT2D eigenvalue weighted by Crippen LogP contribution is 2.14. The average Bonchev–Trinajstić information content (AvgIpc) is 2.88. The van der Waals surface area contributed by atoms with E-state index in [4.69, 9.17) is 0 Å². The van der Waals surface area contributed by atoms with Crippen molar-refractivity contribution in [1.29, 1.82) is 0 Å². The highest BCUT2D eigenvalue weighted by Gasteiger charge is 2.06. The summed E-state index contributed by atoms with van der Waals surface area (Å²) in [6.07, 6.45) is 40.7. The van der Waals surface area contributed by atoms with E-state index in [1.807, 2.05) is 0 Å². The molecule has 260 valence electrons. The Hall–Kier alpha value is 0.500. The zero-order valence-corrected chi connectivity index (χ0v) is 32.4. The number of unbranched alkanes of at least 4 members (excludes halogenated alkanes) is 26. The van der Waals surface area contributed by atoms with Gasteiger partial charge >= 0.3 is 0 Å². The van der Waals surface area contributed by atoms with E-state index in [2.05, 4.69) is 56.1 Å². The van der Waals surface area contributed by atoms with Gasteiger partial charge in [0.05, 0.1) is 55.4 Å². The van der Waals surface area contributed by atoms with Crippen LogP contribution in [0.3, 0.4) is 0 Å². The molecule has 0 radical (unpaired) electrons. The molecule has 0 aliphatic rings. The minimum Gasteiger partial charge on any atom is -1.00 e. The van der Waals surface area contributed by atoms with Gasteiger partial charge in [-0.15, -0.1) is 0 Å². The van der Waals surface area contributed by atoms with Crippen LogP contribution in [0.4, 0.5) is 0 Å². The van der Waals surface area contributed by atoms with Crippen molar-refractivity contribution < 1.29 is 33.8 Å². The van der Waals surface area contributed by atoms with Gasteiger partial charge in [0.15, 0.2) is 0 Å². The number of halogens is 2. The molecule has 0 aliphatic carbocycles. The third kappa shape index (κ3) is 53.1. The van der Waals surface area contributed by atoms with Crippen LogP contribution < -0.4 is 24.8 Å². The lowest BCUT2D eigenvalue weighted by Crippen LogP contribution is -3.00. The third-order valence-electron chi connectivity index (χ3n) is 8.36. The van der Waals surface area contributed by atoms with Gasteiger partial charge in [0, 0.05) is 0 Å². The van der Waals surface area contributed by atoms with Gasteiger partial charge in [-0.25, -0.2) is 0 Å². The van der Waals surface area contributed by atoms with Crippen molar-refractivity contribution >= 4 is 0 Å². The van der Waals surface area contributed by atoms with E-state index in [1.54, 1.807) is 0 Å². The average molecular weight is 640 g/mol. The van der Waals surface area contributed by atoms with Crippen molar-refractivity contribution in [2.24, 2.45) is 0 Å². The van der Waals surface area contributed by atoms with E-state index in [-0.39, 0.29) is 24.8 Å². The van der Waals surface area contributed by atoms with Gasteiger partial charge in [0.1, 0.15) is 0 Å². The van der Waals surface area contributed by atoms with Crippen LogP contribution >= 0.6 is 0 Å². The molecule has 0 bridgehead atoms. The zero-order chi connectivity index (χ0) is 30.2. The quantitative estimate of drug-likeness (QED) is 0.0635. The Labute approximate surface area is 281 Å². The predicted octanol–water partition coefficient (Wildman–Crippen LogP) is 6.36. The summed E-state index contributed by atoms with van der Waals surface area (Å²) < 4.78 is 2.25. The number of quaternary nitrogens is 2. The molecule has 0 aliphatic heterocycles. The summed E-state index contributed by atoms with van der Waals surface area (Å²) in [7, 11) is 13.8. The summed E-state index contributed by atoms with van der Waals surface area (Å²) in [5.41, 5.74) is 0. The molecule has 0 saturated carbocycles. The maximum Gasteiger partial charge on any atom is 0.0780 e. The van der Waals surface area contributed by atoms with E-state index in [1.165, 1.54) is 193 Å². The van der Waals surface area contributed by atoms with E-state index >= 15 is 0 Å². The zero-order valence-electron chi connectivity index (χ0n) is 30.9. The van der Waals surface area contributed by atoms with Gasteiger partial charge < -0.3 is 33.8 Å². The summed E-state index contributed by atoms with van der Waals surface area (Å²) in [6.45, 7) is 7.25. The topological polar surface area (TPSA) is 0 Å². The second kappa shape index (κ2) is 37.7. The van der Waals surface area contributed by atoms with E-state index in [0.29, 0.717) is 0 Å². The molecule has 0 amide bonds. The minimum absolute atomic E-state index is 0. The van der Waals surface area contributed by atoms with Crippen molar-refractivity contribution in [2.45, 2.75) is 194 Å². The number of hydrogen-bond acceptors (Lipinski definition) is 0. The maximum absolute atomic E-state index is 2.29. The van der Waals surface area contributed by atoms with Crippen molar-refractivity contribution in [3.05, 3.63) is 0 Å². The van der Waals surface area contributed by atoms with Crippen LogP contribution in [0.2, 0.25) is 0 Å². The number of nitrogens with zero attached hydrogens (tertiary/aromatic N) is 2. The van der Waals surface area contributed by atoms with E-state index < -0.39 is 0 Å². The van der Waals surface area contributed by atoms with Gasteiger partial charge in [-0.1, -0.05) is 168 Å². The number of rotatable bonds is 30. The third-order valence-corrected chi connectivity index (χ3v) is 8.36. The second-order valence-electron chi connectivity index (χ2n) is 15.2. The standard InChI is InChI=1S/2C19H42N.2ClH/c2*1-5-6-7-8-9-10-11-12-13-14-15-16-17-18-19-20(2,3)4;;/h2*5-19H2,1-4H3;2*1H/q2*+1;;/p-2. The van der Waals surface area contributed by atoms with Crippen LogP contribution in [-0.2, 0) is 0 Å². The second-order valence-corrected chi connectivity index (χ2v) is 15.2. The first kappa shape index (κ1) is 49.4. The predicted molar refractivity (Wildman–Crippen MR) is 186 cm³/mol. The molecule has 2 nitrogen and oxygen atoms in total. The lowest BCUT2D eigenvalue weighted by molar-refractivity contribution is -0.870. The lowest BCUT2D eigenvalue weighted by Gasteiger charge is -2.23. The Bertz CT molecular complexity index is 415. The molecule has 0 saturated heterocycles. The van der Waals surface area contributed by atoms with Gasteiger partial charge in [-0.3, -0.25) is 0 Å². The number of hydrogen-bond donors (Lipinski definition) is 0. The van der Waals surface area contributed by atoms with Gasteiger partial charge in [0.25, 0.3) is 0 Å².